The summed E-state index contributed by atoms with van der Waals surface area (Å²) < 4.78 is 4.54. The zero-order valence-electron chi connectivity index (χ0n) is 11.9. The van der Waals surface area contributed by atoms with Crippen molar-refractivity contribution in [2.75, 3.05) is 6.61 Å². The highest BCUT2D eigenvalue weighted by atomic mass is 16.2. The third-order valence-corrected chi connectivity index (χ3v) is 3.69. The Morgan fingerprint density at radius 2 is 1.68 bits per heavy atom. The van der Waals surface area contributed by atoms with E-state index in [-0.39, 0.29) is 0 Å². The van der Waals surface area contributed by atoms with Crippen LogP contribution in [0.25, 0.3) is 11.0 Å². The van der Waals surface area contributed by atoms with Crippen molar-refractivity contribution >= 4 is 11.0 Å². The van der Waals surface area contributed by atoms with Crippen LogP contribution in [0.1, 0.15) is 38.5 Å². The molecule has 1 aromatic heterocycles. The second-order valence-electron chi connectivity index (χ2n) is 5.25. The first kappa shape index (κ1) is 14.1. The molecule has 104 valence electrons. The molecule has 0 atom stereocenters. The largest absolute Gasteiger partial charge is 0.396 e. The normalized spacial score (nSPS) is 11.3. The van der Waals surface area contributed by atoms with E-state index in [0.29, 0.717) is 6.61 Å². The van der Waals surface area contributed by atoms with Gasteiger partial charge in [0.1, 0.15) is 0 Å². The minimum Gasteiger partial charge on any atom is -0.396 e. The van der Waals surface area contributed by atoms with Gasteiger partial charge in [-0.2, -0.15) is 0 Å². The Labute approximate surface area is 115 Å². The molecule has 19 heavy (non-hydrogen) atoms. The number of benzene rings is 1. The van der Waals surface area contributed by atoms with Gasteiger partial charge in [-0.15, -0.1) is 0 Å². The molecule has 0 amide bonds. The third kappa shape index (κ3) is 3.80. The Balaban J connectivity index is 1.79. The van der Waals surface area contributed by atoms with Gasteiger partial charge in [0.25, 0.3) is 0 Å². The summed E-state index contributed by atoms with van der Waals surface area (Å²) in [5.74, 6) is 0. The van der Waals surface area contributed by atoms with Crippen LogP contribution in [-0.2, 0) is 13.6 Å². The van der Waals surface area contributed by atoms with Gasteiger partial charge in [-0.1, -0.05) is 31.4 Å². The van der Waals surface area contributed by atoms with Crippen molar-refractivity contribution in [2.24, 2.45) is 7.05 Å². The lowest BCUT2D eigenvalue weighted by atomic mass is 10.1. The third-order valence-electron chi connectivity index (χ3n) is 3.69. The number of unbranched alkanes of at least 4 members (excludes halogenated alkanes) is 5. The van der Waals surface area contributed by atoms with E-state index in [1.807, 2.05) is 0 Å². The highest BCUT2D eigenvalue weighted by Crippen LogP contribution is 2.12. The van der Waals surface area contributed by atoms with Crippen molar-refractivity contribution < 1.29 is 9.67 Å². The van der Waals surface area contributed by atoms with Crippen molar-refractivity contribution in [1.82, 2.24) is 4.57 Å². The first-order valence-electron chi connectivity index (χ1n) is 7.37. The molecule has 3 nitrogen and oxygen atoms in total. The number of nitrogens with zero attached hydrogens (tertiary/aromatic N) is 2. The number of aryl methyl sites for hydroxylation is 2. The van der Waals surface area contributed by atoms with Crippen LogP contribution in [0, 0.1) is 0 Å². The van der Waals surface area contributed by atoms with Gasteiger partial charge >= 0.3 is 0 Å². The molecule has 0 unspecified atom stereocenters. The predicted molar refractivity (Wildman–Crippen MR) is 77.9 cm³/mol. The molecule has 0 bridgehead atoms. The first-order valence-corrected chi connectivity index (χ1v) is 7.37. The SMILES string of the molecule is C[n+]1cn(CCCCCCCCO)c2ccccc21. The van der Waals surface area contributed by atoms with Crippen LogP contribution < -0.4 is 4.57 Å². The molecule has 0 saturated carbocycles. The fourth-order valence-corrected chi connectivity index (χ4v) is 2.62. The summed E-state index contributed by atoms with van der Waals surface area (Å²) in [6, 6.07) is 8.55. The molecule has 1 N–H and O–H groups in total. The Bertz CT molecular complexity index is 504. The van der Waals surface area contributed by atoms with Gasteiger partial charge in [-0.25, -0.2) is 9.13 Å². The van der Waals surface area contributed by atoms with Gasteiger partial charge in [0.2, 0.25) is 6.33 Å². The molecule has 0 aliphatic rings. The lowest BCUT2D eigenvalue weighted by molar-refractivity contribution is -0.645. The summed E-state index contributed by atoms with van der Waals surface area (Å²) in [7, 11) is 2.10. The number of para-hydroxylation sites is 2. The molecule has 0 radical (unpaired) electrons. The van der Waals surface area contributed by atoms with Crippen LogP contribution in [-0.4, -0.2) is 16.3 Å². The van der Waals surface area contributed by atoms with Crippen LogP contribution in [0.5, 0.6) is 0 Å². The van der Waals surface area contributed by atoms with Crippen molar-refractivity contribution in [1.29, 1.82) is 0 Å². The van der Waals surface area contributed by atoms with E-state index in [4.69, 9.17) is 5.11 Å². The van der Waals surface area contributed by atoms with E-state index in [1.165, 1.54) is 36.7 Å². The number of aromatic nitrogens is 2. The van der Waals surface area contributed by atoms with Crippen LogP contribution in [0.3, 0.4) is 0 Å². The topological polar surface area (TPSA) is 29.0 Å². The summed E-state index contributed by atoms with van der Waals surface area (Å²) in [4.78, 5) is 0. The maximum absolute atomic E-state index is 8.71. The lowest BCUT2D eigenvalue weighted by Crippen LogP contribution is -2.25. The van der Waals surface area contributed by atoms with Crippen molar-refractivity contribution in [3.8, 4) is 0 Å². The number of hydrogen-bond acceptors (Lipinski definition) is 1. The fourth-order valence-electron chi connectivity index (χ4n) is 2.62. The number of hydrogen-bond donors (Lipinski definition) is 1. The standard InChI is InChI=1S/C16H25N2O/c1-17-14-18(16-11-7-6-10-15(16)17)12-8-4-2-3-5-9-13-19/h6-7,10-11,14,19H,2-5,8-9,12-13H2,1H3/q+1. The molecule has 2 rings (SSSR count). The Hall–Kier alpha value is -1.35. The van der Waals surface area contributed by atoms with Gasteiger partial charge < -0.3 is 5.11 Å². The molecule has 1 heterocycles. The number of rotatable bonds is 8. The molecular weight excluding hydrogens is 236 g/mol. The van der Waals surface area contributed by atoms with Gasteiger partial charge in [0.05, 0.1) is 13.6 Å². The molecular formula is C16H25N2O+. The molecule has 1 aromatic carbocycles. The summed E-state index contributed by atoms with van der Waals surface area (Å²) in [5.41, 5.74) is 2.62. The van der Waals surface area contributed by atoms with Crippen molar-refractivity contribution in [2.45, 2.75) is 45.1 Å². The van der Waals surface area contributed by atoms with E-state index in [2.05, 4.69) is 46.8 Å². The average Bonchev–Trinajstić information content (AvgIpc) is 2.75. The van der Waals surface area contributed by atoms with E-state index in [0.717, 1.165) is 19.4 Å². The van der Waals surface area contributed by atoms with Crippen LogP contribution in [0.15, 0.2) is 30.6 Å². The molecule has 3 heteroatoms. The zero-order chi connectivity index (χ0) is 13.5. The highest BCUT2D eigenvalue weighted by molar-refractivity contribution is 5.71. The van der Waals surface area contributed by atoms with E-state index in [1.54, 1.807) is 0 Å². The Kier molecular flexibility index (Phi) is 5.40. The summed E-state index contributed by atoms with van der Waals surface area (Å²) in [6.07, 6.45) is 9.36. The molecule has 0 aliphatic heterocycles. The fraction of sp³-hybridized carbons (Fsp3) is 0.562. The van der Waals surface area contributed by atoms with Crippen LogP contribution >= 0.6 is 0 Å². The second kappa shape index (κ2) is 7.29. The molecule has 0 saturated heterocycles. The van der Waals surface area contributed by atoms with Gasteiger partial charge in [-0.3, -0.25) is 0 Å². The number of aliphatic hydroxyl groups excluding tert-OH is 1. The van der Waals surface area contributed by atoms with Crippen LogP contribution in [0.4, 0.5) is 0 Å². The van der Waals surface area contributed by atoms with Crippen molar-refractivity contribution in [3.63, 3.8) is 0 Å². The molecule has 0 spiro atoms. The first-order chi connectivity index (χ1) is 9.33. The predicted octanol–water partition coefficient (Wildman–Crippen LogP) is 2.80. The Morgan fingerprint density at radius 3 is 2.47 bits per heavy atom. The van der Waals surface area contributed by atoms with E-state index in [9.17, 15) is 0 Å². The molecule has 2 aromatic rings. The summed E-state index contributed by atoms with van der Waals surface area (Å²) in [5, 5.41) is 8.71. The van der Waals surface area contributed by atoms with E-state index < -0.39 is 0 Å². The summed E-state index contributed by atoms with van der Waals surface area (Å²) >= 11 is 0. The number of fused-ring (bicyclic) bond motifs is 1. The van der Waals surface area contributed by atoms with Crippen molar-refractivity contribution in [3.05, 3.63) is 30.6 Å². The summed E-state index contributed by atoms with van der Waals surface area (Å²) in [6.45, 7) is 1.44. The highest BCUT2D eigenvalue weighted by Gasteiger charge is 2.11. The molecule has 0 aliphatic carbocycles. The lowest BCUT2D eigenvalue weighted by Gasteiger charge is -2.00. The minimum atomic E-state index is 0.339. The maximum atomic E-state index is 8.71. The van der Waals surface area contributed by atoms with Gasteiger partial charge in [-0.05, 0) is 31.4 Å². The maximum Gasteiger partial charge on any atom is 0.244 e. The quantitative estimate of drug-likeness (QED) is 0.574. The van der Waals surface area contributed by atoms with E-state index >= 15 is 0 Å². The zero-order valence-corrected chi connectivity index (χ0v) is 11.9. The van der Waals surface area contributed by atoms with Gasteiger partial charge in [0, 0.05) is 6.61 Å². The minimum absolute atomic E-state index is 0.339. The Morgan fingerprint density at radius 1 is 1.00 bits per heavy atom. The smallest absolute Gasteiger partial charge is 0.244 e. The average molecular weight is 261 g/mol. The molecule has 0 fully saturated rings. The monoisotopic (exact) mass is 261 g/mol. The number of aliphatic hydroxyl groups is 1. The van der Waals surface area contributed by atoms with Gasteiger partial charge in [0.15, 0.2) is 11.0 Å². The van der Waals surface area contributed by atoms with Crippen LogP contribution in [0.2, 0.25) is 0 Å². The number of imidazole rings is 1. The second-order valence-corrected chi connectivity index (χ2v) is 5.25.